The SMILES string of the molecule is COc1cccc(C2CCNCC2)c1OC1CCN(C)CC1. The molecule has 0 atom stereocenters. The third-order valence-corrected chi connectivity index (χ3v) is 4.96. The fourth-order valence-corrected chi connectivity index (χ4v) is 3.54. The Bertz CT molecular complexity index is 478. The second-order valence-corrected chi connectivity index (χ2v) is 6.52. The first-order valence-electron chi connectivity index (χ1n) is 8.50. The molecule has 122 valence electrons. The van der Waals surface area contributed by atoms with Crippen LogP contribution in [-0.2, 0) is 0 Å². The molecule has 1 aromatic rings. The number of nitrogens with zero attached hydrogens (tertiary/aromatic N) is 1. The smallest absolute Gasteiger partial charge is 0.165 e. The molecule has 0 aromatic heterocycles. The minimum absolute atomic E-state index is 0.313. The predicted octanol–water partition coefficient (Wildman–Crippen LogP) is 2.64. The van der Waals surface area contributed by atoms with Crippen molar-refractivity contribution in [1.29, 1.82) is 0 Å². The molecule has 2 aliphatic rings. The van der Waals surface area contributed by atoms with E-state index in [0.29, 0.717) is 12.0 Å². The normalized spacial score (nSPS) is 21.7. The van der Waals surface area contributed by atoms with Crippen LogP contribution in [0.2, 0.25) is 0 Å². The summed E-state index contributed by atoms with van der Waals surface area (Å²) in [6.07, 6.45) is 4.86. The van der Waals surface area contributed by atoms with Gasteiger partial charge in [-0.2, -0.15) is 0 Å². The molecule has 0 saturated carbocycles. The fraction of sp³-hybridized carbons (Fsp3) is 0.667. The first-order valence-corrected chi connectivity index (χ1v) is 8.50. The maximum Gasteiger partial charge on any atom is 0.165 e. The molecule has 2 aliphatic heterocycles. The van der Waals surface area contributed by atoms with Crippen LogP contribution in [0.1, 0.15) is 37.2 Å². The lowest BCUT2D eigenvalue weighted by Gasteiger charge is -2.32. The molecule has 22 heavy (non-hydrogen) atoms. The van der Waals surface area contributed by atoms with Gasteiger partial charge in [-0.15, -0.1) is 0 Å². The molecule has 1 N–H and O–H groups in total. The van der Waals surface area contributed by atoms with Gasteiger partial charge in [0.2, 0.25) is 0 Å². The summed E-state index contributed by atoms with van der Waals surface area (Å²) < 4.78 is 12.0. The molecular formula is C18H28N2O2. The van der Waals surface area contributed by atoms with E-state index < -0.39 is 0 Å². The Hall–Kier alpha value is -1.26. The van der Waals surface area contributed by atoms with E-state index in [9.17, 15) is 0 Å². The van der Waals surface area contributed by atoms with Crippen LogP contribution in [0.3, 0.4) is 0 Å². The standard InChI is InChI=1S/C18H28N2O2/c1-20-12-8-15(9-13-20)22-18-16(4-3-5-17(18)21-2)14-6-10-19-11-7-14/h3-5,14-15,19H,6-13H2,1-2H3. The molecule has 0 aliphatic carbocycles. The molecule has 1 aromatic carbocycles. The summed E-state index contributed by atoms with van der Waals surface area (Å²) >= 11 is 0. The van der Waals surface area contributed by atoms with Crippen LogP contribution in [0.5, 0.6) is 11.5 Å². The summed E-state index contributed by atoms with van der Waals surface area (Å²) in [5.41, 5.74) is 1.33. The number of piperidine rings is 2. The van der Waals surface area contributed by atoms with E-state index in [1.54, 1.807) is 7.11 Å². The Labute approximate surface area is 133 Å². The monoisotopic (exact) mass is 304 g/mol. The Kier molecular flexibility index (Phi) is 5.21. The lowest BCUT2D eigenvalue weighted by atomic mass is 9.89. The summed E-state index contributed by atoms with van der Waals surface area (Å²) in [4.78, 5) is 2.37. The number of rotatable bonds is 4. The van der Waals surface area contributed by atoms with Crippen LogP contribution in [0.25, 0.3) is 0 Å². The number of nitrogens with one attached hydrogen (secondary N) is 1. The quantitative estimate of drug-likeness (QED) is 0.927. The van der Waals surface area contributed by atoms with Gasteiger partial charge in [-0.1, -0.05) is 12.1 Å². The van der Waals surface area contributed by atoms with Gasteiger partial charge in [0, 0.05) is 18.7 Å². The number of ether oxygens (including phenoxy) is 2. The third-order valence-electron chi connectivity index (χ3n) is 4.96. The summed E-state index contributed by atoms with van der Waals surface area (Å²) in [6.45, 7) is 4.41. The van der Waals surface area contributed by atoms with E-state index in [4.69, 9.17) is 9.47 Å². The maximum atomic E-state index is 6.44. The zero-order chi connectivity index (χ0) is 15.4. The van der Waals surface area contributed by atoms with Crippen LogP contribution < -0.4 is 14.8 Å². The van der Waals surface area contributed by atoms with Crippen molar-refractivity contribution >= 4 is 0 Å². The van der Waals surface area contributed by atoms with Crippen molar-refractivity contribution in [2.24, 2.45) is 0 Å². The van der Waals surface area contributed by atoms with Gasteiger partial charge in [-0.05, 0) is 57.8 Å². The minimum atomic E-state index is 0.313. The van der Waals surface area contributed by atoms with Gasteiger partial charge in [-0.3, -0.25) is 0 Å². The van der Waals surface area contributed by atoms with Crippen molar-refractivity contribution < 1.29 is 9.47 Å². The first kappa shape index (κ1) is 15.6. The predicted molar refractivity (Wildman–Crippen MR) is 89.0 cm³/mol. The number of hydrogen-bond acceptors (Lipinski definition) is 4. The fourth-order valence-electron chi connectivity index (χ4n) is 3.54. The van der Waals surface area contributed by atoms with Crippen molar-refractivity contribution in [2.75, 3.05) is 40.3 Å². The average molecular weight is 304 g/mol. The highest BCUT2D eigenvalue weighted by Crippen LogP contribution is 2.40. The number of para-hydroxylation sites is 1. The summed E-state index contributed by atoms with van der Waals surface area (Å²) in [7, 11) is 3.92. The molecular weight excluding hydrogens is 276 g/mol. The zero-order valence-electron chi connectivity index (χ0n) is 13.8. The Morgan fingerprint density at radius 2 is 1.82 bits per heavy atom. The van der Waals surface area contributed by atoms with E-state index >= 15 is 0 Å². The highest BCUT2D eigenvalue weighted by molar-refractivity contribution is 5.48. The molecule has 2 fully saturated rings. The van der Waals surface area contributed by atoms with E-state index in [0.717, 1.165) is 50.5 Å². The molecule has 0 amide bonds. The van der Waals surface area contributed by atoms with Gasteiger partial charge in [0.05, 0.1) is 7.11 Å². The van der Waals surface area contributed by atoms with Gasteiger partial charge in [0.15, 0.2) is 11.5 Å². The van der Waals surface area contributed by atoms with E-state index in [1.165, 1.54) is 18.4 Å². The summed E-state index contributed by atoms with van der Waals surface area (Å²) in [5, 5.41) is 3.44. The van der Waals surface area contributed by atoms with Gasteiger partial charge in [-0.25, -0.2) is 0 Å². The van der Waals surface area contributed by atoms with Gasteiger partial charge >= 0.3 is 0 Å². The molecule has 0 unspecified atom stereocenters. The number of methoxy groups -OCH3 is 1. The Morgan fingerprint density at radius 3 is 2.50 bits per heavy atom. The van der Waals surface area contributed by atoms with Gasteiger partial charge in [0.1, 0.15) is 6.10 Å². The van der Waals surface area contributed by atoms with Crippen molar-refractivity contribution in [3.8, 4) is 11.5 Å². The topological polar surface area (TPSA) is 33.7 Å². The highest BCUT2D eigenvalue weighted by atomic mass is 16.5. The van der Waals surface area contributed by atoms with Crippen LogP contribution in [-0.4, -0.2) is 51.3 Å². The highest BCUT2D eigenvalue weighted by Gasteiger charge is 2.25. The van der Waals surface area contributed by atoms with Gasteiger partial charge in [0.25, 0.3) is 0 Å². The molecule has 0 spiro atoms. The summed E-state index contributed by atoms with van der Waals surface area (Å²) in [5.74, 6) is 2.46. The molecule has 2 heterocycles. The van der Waals surface area contributed by atoms with Crippen molar-refractivity contribution in [2.45, 2.75) is 37.7 Å². The minimum Gasteiger partial charge on any atom is -0.493 e. The number of likely N-dealkylation sites (tertiary alicyclic amines) is 1. The molecule has 0 radical (unpaired) electrons. The maximum absolute atomic E-state index is 6.44. The number of hydrogen-bond donors (Lipinski definition) is 1. The average Bonchev–Trinajstić information content (AvgIpc) is 2.58. The van der Waals surface area contributed by atoms with Crippen LogP contribution in [0.15, 0.2) is 18.2 Å². The molecule has 4 heteroatoms. The van der Waals surface area contributed by atoms with E-state index in [1.807, 2.05) is 6.07 Å². The molecule has 0 bridgehead atoms. The Balaban J connectivity index is 1.80. The second-order valence-electron chi connectivity index (χ2n) is 6.52. The zero-order valence-corrected chi connectivity index (χ0v) is 13.8. The molecule has 3 rings (SSSR count). The van der Waals surface area contributed by atoms with Crippen LogP contribution in [0.4, 0.5) is 0 Å². The lowest BCUT2D eigenvalue weighted by Crippen LogP contribution is -2.36. The van der Waals surface area contributed by atoms with Gasteiger partial charge < -0.3 is 19.7 Å². The third kappa shape index (κ3) is 3.55. The second kappa shape index (κ2) is 7.34. The molecule has 4 nitrogen and oxygen atoms in total. The van der Waals surface area contributed by atoms with Crippen LogP contribution in [0, 0.1) is 0 Å². The van der Waals surface area contributed by atoms with Crippen molar-refractivity contribution in [3.05, 3.63) is 23.8 Å². The van der Waals surface area contributed by atoms with Crippen molar-refractivity contribution in [3.63, 3.8) is 0 Å². The van der Waals surface area contributed by atoms with E-state index in [-0.39, 0.29) is 0 Å². The largest absolute Gasteiger partial charge is 0.493 e. The summed E-state index contributed by atoms with van der Waals surface area (Å²) in [6, 6.07) is 6.34. The Morgan fingerprint density at radius 1 is 1.09 bits per heavy atom. The van der Waals surface area contributed by atoms with Crippen LogP contribution >= 0.6 is 0 Å². The van der Waals surface area contributed by atoms with Crippen molar-refractivity contribution in [1.82, 2.24) is 10.2 Å². The lowest BCUT2D eigenvalue weighted by molar-refractivity contribution is 0.109. The van der Waals surface area contributed by atoms with E-state index in [2.05, 4.69) is 29.4 Å². The number of benzene rings is 1. The molecule has 2 saturated heterocycles. The first-order chi connectivity index (χ1) is 10.8.